The first kappa shape index (κ1) is 19.4. The molecule has 0 spiro atoms. The van der Waals surface area contributed by atoms with Gasteiger partial charge < -0.3 is 14.2 Å². The number of nitrogens with zero attached hydrogens (tertiary/aromatic N) is 2. The summed E-state index contributed by atoms with van der Waals surface area (Å²) in [5, 5.41) is 0.866. The van der Waals surface area contributed by atoms with Gasteiger partial charge >= 0.3 is 0 Å². The summed E-state index contributed by atoms with van der Waals surface area (Å²) in [6, 6.07) is 23.9. The maximum Gasteiger partial charge on any atom is 0.270 e. The van der Waals surface area contributed by atoms with Crippen molar-refractivity contribution in [1.82, 2.24) is 9.47 Å². The van der Waals surface area contributed by atoms with Crippen LogP contribution in [0.2, 0.25) is 0 Å². The lowest BCUT2D eigenvalue weighted by atomic mass is 10.2. The smallest absolute Gasteiger partial charge is 0.270 e. The molecule has 4 nitrogen and oxygen atoms in total. The van der Waals surface area contributed by atoms with Crippen molar-refractivity contribution in [1.29, 1.82) is 0 Å². The number of aromatic nitrogens is 1. The second-order valence-corrected chi connectivity index (χ2v) is 7.80. The van der Waals surface area contributed by atoms with E-state index >= 15 is 0 Å². The number of carbonyl (C=O) groups is 1. The van der Waals surface area contributed by atoms with Crippen LogP contribution in [-0.4, -0.2) is 28.5 Å². The van der Waals surface area contributed by atoms with Crippen molar-refractivity contribution in [2.75, 3.05) is 13.1 Å². The van der Waals surface area contributed by atoms with Gasteiger partial charge in [0.15, 0.2) is 0 Å². The Morgan fingerprint density at radius 2 is 1.65 bits per heavy atom. The summed E-state index contributed by atoms with van der Waals surface area (Å²) in [5.74, 6) is 0.407. The third-order valence-corrected chi connectivity index (χ3v) is 5.74. The number of benzene rings is 3. The maximum atomic E-state index is 13.6. The van der Waals surface area contributed by atoms with Crippen molar-refractivity contribution in [3.63, 3.8) is 0 Å². The van der Waals surface area contributed by atoms with Gasteiger partial charge in [0.2, 0.25) is 0 Å². The largest absolute Gasteiger partial charge is 0.488 e. The highest BCUT2D eigenvalue weighted by atomic mass is 19.1. The van der Waals surface area contributed by atoms with Gasteiger partial charge in [-0.1, -0.05) is 36.4 Å². The highest BCUT2D eigenvalue weighted by Gasteiger charge is 2.25. The molecule has 0 atom stereocenters. The molecule has 0 aliphatic carbocycles. The Labute approximate surface area is 180 Å². The summed E-state index contributed by atoms with van der Waals surface area (Å²) >= 11 is 0. The molecule has 156 valence electrons. The zero-order valence-corrected chi connectivity index (χ0v) is 17.1. The normalized spacial score (nSPS) is 13.6. The highest BCUT2D eigenvalue weighted by Crippen LogP contribution is 2.33. The van der Waals surface area contributed by atoms with Gasteiger partial charge in [-0.15, -0.1) is 0 Å². The van der Waals surface area contributed by atoms with Crippen LogP contribution in [0.15, 0.2) is 78.9 Å². The molecule has 1 saturated heterocycles. The number of hydrogen-bond donors (Lipinski definition) is 0. The Kier molecular flexibility index (Phi) is 5.16. The first-order chi connectivity index (χ1) is 15.2. The van der Waals surface area contributed by atoms with E-state index in [4.69, 9.17) is 4.74 Å². The van der Waals surface area contributed by atoms with E-state index in [0.29, 0.717) is 12.3 Å². The lowest BCUT2D eigenvalue weighted by molar-refractivity contribution is 0.0785. The maximum absolute atomic E-state index is 13.6. The van der Waals surface area contributed by atoms with Crippen LogP contribution in [0.3, 0.4) is 0 Å². The molecule has 0 bridgehead atoms. The zero-order chi connectivity index (χ0) is 21.2. The molecule has 1 aromatic heterocycles. The molecule has 2 heterocycles. The molecule has 0 saturated carbocycles. The minimum absolute atomic E-state index is 0.00738. The van der Waals surface area contributed by atoms with Crippen LogP contribution in [0.4, 0.5) is 4.39 Å². The standard InChI is InChI=1S/C26H23FN2O2/c27-20-11-13-21(14-12-20)29-23-9-6-10-25(31-18-19-7-2-1-3-8-19)22(23)17-24(29)26(30)28-15-4-5-16-28/h1-3,6-14,17H,4-5,15-16,18H2. The van der Waals surface area contributed by atoms with Gasteiger partial charge in [0.1, 0.15) is 23.9 Å². The Bertz CT molecular complexity index is 1210. The molecule has 0 radical (unpaired) electrons. The van der Waals surface area contributed by atoms with Gasteiger partial charge in [-0.05, 0) is 60.9 Å². The predicted octanol–water partition coefficient (Wildman–Crippen LogP) is 5.58. The molecular weight excluding hydrogens is 391 g/mol. The predicted molar refractivity (Wildman–Crippen MR) is 119 cm³/mol. The van der Waals surface area contributed by atoms with Gasteiger partial charge in [-0.3, -0.25) is 4.79 Å². The van der Waals surface area contributed by atoms with Crippen molar-refractivity contribution in [3.8, 4) is 11.4 Å². The topological polar surface area (TPSA) is 34.5 Å². The van der Waals surface area contributed by atoms with E-state index in [9.17, 15) is 9.18 Å². The second kappa shape index (κ2) is 8.26. The Balaban J connectivity index is 1.60. The number of likely N-dealkylation sites (tertiary alicyclic amines) is 1. The van der Waals surface area contributed by atoms with Crippen LogP contribution in [0.1, 0.15) is 28.9 Å². The lowest BCUT2D eigenvalue weighted by Gasteiger charge is -2.17. The van der Waals surface area contributed by atoms with Crippen LogP contribution in [0, 0.1) is 5.82 Å². The number of hydrogen-bond acceptors (Lipinski definition) is 2. The second-order valence-electron chi connectivity index (χ2n) is 7.80. The first-order valence-electron chi connectivity index (χ1n) is 10.6. The summed E-state index contributed by atoms with van der Waals surface area (Å²) in [6.07, 6.45) is 2.04. The van der Waals surface area contributed by atoms with Crippen LogP contribution >= 0.6 is 0 Å². The fourth-order valence-electron chi connectivity index (χ4n) is 4.17. The molecule has 1 aliphatic rings. The lowest BCUT2D eigenvalue weighted by Crippen LogP contribution is -2.29. The zero-order valence-electron chi connectivity index (χ0n) is 17.1. The summed E-state index contributed by atoms with van der Waals surface area (Å²) in [4.78, 5) is 15.2. The number of ether oxygens (including phenoxy) is 1. The molecule has 5 rings (SSSR count). The van der Waals surface area contributed by atoms with E-state index in [0.717, 1.165) is 53.8 Å². The van der Waals surface area contributed by atoms with Gasteiger partial charge in [-0.25, -0.2) is 4.39 Å². The monoisotopic (exact) mass is 414 g/mol. The van der Waals surface area contributed by atoms with E-state index in [1.54, 1.807) is 12.1 Å². The van der Waals surface area contributed by atoms with E-state index in [1.807, 2.05) is 64.1 Å². The Hall–Kier alpha value is -3.60. The van der Waals surface area contributed by atoms with Crippen LogP contribution in [0.5, 0.6) is 5.75 Å². The van der Waals surface area contributed by atoms with Crippen LogP contribution in [0.25, 0.3) is 16.6 Å². The molecule has 1 amide bonds. The van der Waals surface area contributed by atoms with Crippen molar-refractivity contribution in [3.05, 3.63) is 95.9 Å². The first-order valence-corrected chi connectivity index (χ1v) is 10.6. The van der Waals surface area contributed by atoms with Gasteiger partial charge in [0, 0.05) is 24.2 Å². The number of amides is 1. The number of halogens is 1. The molecule has 0 N–H and O–H groups in total. The van der Waals surface area contributed by atoms with Gasteiger partial charge in [0.25, 0.3) is 5.91 Å². The van der Waals surface area contributed by atoms with E-state index in [-0.39, 0.29) is 11.7 Å². The third kappa shape index (κ3) is 3.79. The van der Waals surface area contributed by atoms with Crippen molar-refractivity contribution in [2.45, 2.75) is 19.4 Å². The van der Waals surface area contributed by atoms with Crippen LogP contribution < -0.4 is 4.74 Å². The molecule has 1 fully saturated rings. The van der Waals surface area contributed by atoms with Gasteiger partial charge in [-0.2, -0.15) is 0 Å². The summed E-state index contributed by atoms with van der Waals surface area (Å²) in [6.45, 7) is 1.97. The molecule has 0 unspecified atom stereocenters. The summed E-state index contributed by atoms with van der Waals surface area (Å²) in [7, 11) is 0. The van der Waals surface area contributed by atoms with E-state index in [2.05, 4.69) is 0 Å². The number of fused-ring (bicyclic) bond motifs is 1. The van der Waals surface area contributed by atoms with Gasteiger partial charge in [0.05, 0.1) is 5.52 Å². The molecule has 3 aromatic carbocycles. The highest BCUT2D eigenvalue weighted by molar-refractivity contribution is 6.01. The quantitative estimate of drug-likeness (QED) is 0.427. The SMILES string of the molecule is O=C(c1cc2c(OCc3ccccc3)cccc2n1-c1ccc(F)cc1)N1CCCC1. The average molecular weight is 414 g/mol. The number of carbonyl (C=O) groups excluding carboxylic acids is 1. The van der Waals surface area contributed by atoms with E-state index in [1.165, 1.54) is 12.1 Å². The average Bonchev–Trinajstić information content (AvgIpc) is 3.47. The minimum atomic E-state index is -0.306. The van der Waals surface area contributed by atoms with Crippen molar-refractivity contribution >= 4 is 16.8 Å². The fraction of sp³-hybridized carbons (Fsp3) is 0.192. The number of rotatable bonds is 5. The fourth-order valence-corrected chi connectivity index (χ4v) is 4.17. The Morgan fingerprint density at radius 1 is 0.903 bits per heavy atom. The summed E-state index contributed by atoms with van der Waals surface area (Å²) in [5.41, 5.74) is 3.25. The van der Waals surface area contributed by atoms with E-state index < -0.39 is 0 Å². The summed E-state index contributed by atoms with van der Waals surface area (Å²) < 4.78 is 21.6. The van der Waals surface area contributed by atoms with Crippen LogP contribution in [-0.2, 0) is 6.61 Å². The van der Waals surface area contributed by atoms with Crippen molar-refractivity contribution in [2.24, 2.45) is 0 Å². The minimum Gasteiger partial charge on any atom is -0.488 e. The molecule has 4 aromatic rings. The third-order valence-electron chi connectivity index (χ3n) is 5.74. The molecular formula is C26H23FN2O2. The molecule has 5 heteroatoms. The molecule has 31 heavy (non-hydrogen) atoms. The Morgan fingerprint density at radius 3 is 2.39 bits per heavy atom. The van der Waals surface area contributed by atoms with Crippen molar-refractivity contribution < 1.29 is 13.9 Å². The molecule has 1 aliphatic heterocycles.